The van der Waals surface area contributed by atoms with Gasteiger partial charge in [-0.2, -0.15) is 4.98 Å². The third-order valence-corrected chi connectivity index (χ3v) is 4.92. The number of hydrogen-bond donors (Lipinski definition) is 2. The van der Waals surface area contributed by atoms with Gasteiger partial charge in [-0.05, 0) is 25.0 Å². The summed E-state index contributed by atoms with van der Waals surface area (Å²) in [5.74, 6) is 1.47. The van der Waals surface area contributed by atoms with Crippen molar-refractivity contribution in [3.05, 3.63) is 42.2 Å². The number of amides is 2. The molecule has 0 aliphatic rings. The Labute approximate surface area is 177 Å². The highest BCUT2D eigenvalue weighted by Crippen LogP contribution is 2.23. The lowest BCUT2D eigenvalue weighted by Gasteiger charge is -2.18. The zero-order chi connectivity index (χ0) is 21.5. The number of nitrogens with one attached hydrogen (secondary N) is 2. The molecule has 0 saturated heterocycles. The van der Waals surface area contributed by atoms with Crippen molar-refractivity contribution in [3.8, 4) is 11.4 Å². The van der Waals surface area contributed by atoms with Crippen LogP contribution >= 0.6 is 11.8 Å². The van der Waals surface area contributed by atoms with Crippen molar-refractivity contribution >= 4 is 29.4 Å². The number of aromatic nitrogens is 4. The molecule has 11 heteroatoms. The normalized spacial score (nSPS) is 12.0. The molecule has 1 unspecified atom stereocenters. The smallest absolute Gasteiger partial charge is 0.249 e. The van der Waals surface area contributed by atoms with Crippen LogP contribution in [0.1, 0.15) is 31.5 Å². The van der Waals surface area contributed by atoms with E-state index in [1.165, 1.54) is 11.8 Å². The second-order valence-corrected chi connectivity index (χ2v) is 7.83. The Morgan fingerprint density at radius 2 is 1.83 bits per heavy atom. The van der Waals surface area contributed by atoms with Crippen LogP contribution in [0.5, 0.6) is 0 Å². The Morgan fingerprint density at radius 3 is 2.50 bits per heavy atom. The van der Waals surface area contributed by atoms with Crippen molar-refractivity contribution in [1.82, 2.24) is 25.6 Å². The maximum Gasteiger partial charge on any atom is 0.249 e. The van der Waals surface area contributed by atoms with Gasteiger partial charge in [-0.1, -0.05) is 24.2 Å². The molecule has 10 nitrogen and oxygen atoms in total. The number of carbonyl (C=O) groups excluding carboxylic acids is 2. The minimum atomic E-state index is -0.437. The van der Waals surface area contributed by atoms with Gasteiger partial charge in [-0.25, -0.2) is 0 Å². The van der Waals surface area contributed by atoms with Gasteiger partial charge in [0.1, 0.15) is 11.8 Å². The predicted molar refractivity (Wildman–Crippen MR) is 110 cm³/mol. The third-order valence-electron chi connectivity index (χ3n) is 3.99. The number of hydrogen-bond acceptors (Lipinski definition) is 9. The van der Waals surface area contributed by atoms with Gasteiger partial charge < -0.3 is 19.7 Å². The van der Waals surface area contributed by atoms with Crippen LogP contribution in [0.3, 0.4) is 0 Å². The predicted octanol–water partition coefficient (Wildman–Crippen LogP) is 2.61. The first kappa shape index (κ1) is 21.5. The quantitative estimate of drug-likeness (QED) is 0.525. The molecule has 0 saturated carbocycles. The molecule has 158 valence electrons. The van der Waals surface area contributed by atoms with Crippen LogP contribution in [0.15, 0.2) is 39.6 Å². The van der Waals surface area contributed by atoms with E-state index in [2.05, 4.69) is 30.9 Å². The molecule has 0 radical (unpaired) electrons. The largest absolute Gasteiger partial charge is 0.360 e. The molecule has 2 N–H and O–H groups in total. The Hall–Kier alpha value is -3.21. The Morgan fingerprint density at radius 1 is 1.10 bits per heavy atom. The van der Waals surface area contributed by atoms with E-state index < -0.39 is 6.04 Å². The summed E-state index contributed by atoms with van der Waals surface area (Å²) in [7, 11) is 0. The molecule has 3 aromatic rings. The van der Waals surface area contributed by atoms with Gasteiger partial charge in [0.25, 0.3) is 0 Å². The first-order chi connectivity index (χ1) is 14.4. The summed E-state index contributed by atoms with van der Waals surface area (Å²) in [4.78, 5) is 32.6. The summed E-state index contributed by atoms with van der Waals surface area (Å²) >= 11 is 1.19. The Kier molecular flexibility index (Phi) is 7.17. The summed E-state index contributed by atoms with van der Waals surface area (Å²) in [6.45, 7) is 5.62. The average Bonchev–Trinajstić information content (AvgIpc) is 3.36. The van der Waals surface area contributed by atoms with E-state index >= 15 is 0 Å². The number of rotatable bonds is 9. The maximum atomic E-state index is 12.4. The molecule has 3 heterocycles. The molecule has 0 bridgehead atoms. The first-order valence-electron chi connectivity index (χ1n) is 9.26. The van der Waals surface area contributed by atoms with Crippen LogP contribution in [0, 0.1) is 12.8 Å². The van der Waals surface area contributed by atoms with Gasteiger partial charge in [-0.15, -0.1) is 11.8 Å². The zero-order valence-electron chi connectivity index (χ0n) is 16.8. The van der Waals surface area contributed by atoms with Crippen molar-refractivity contribution in [3.63, 3.8) is 0 Å². The van der Waals surface area contributed by atoms with E-state index in [1.54, 1.807) is 37.5 Å². The SMILES string of the molecule is Cc1cc(NC(=O)CSCC(=O)NC(c2nc(-c3ccncc3)no2)C(C)C)no1. The molecule has 3 aromatic heterocycles. The average molecular weight is 430 g/mol. The fourth-order valence-corrected chi connectivity index (χ4v) is 3.18. The second-order valence-electron chi connectivity index (χ2n) is 6.85. The van der Waals surface area contributed by atoms with Gasteiger partial charge in [-0.3, -0.25) is 14.6 Å². The van der Waals surface area contributed by atoms with Crippen molar-refractivity contribution in [2.45, 2.75) is 26.8 Å². The van der Waals surface area contributed by atoms with E-state index in [0.29, 0.717) is 23.3 Å². The number of nitrogens with zero attached hydrogens (tertiary/aromatic N) is 4. The number of carbonyl (C=O) groups is 2. The van der Waals surface area contributed by atoms with Crippen LogP contribution in [-0.4, -0.2) is 43.6 Å². The highest BCUT2D eigenvalue weighted by atomic mass is 32.2. The summed E-state index contributed by atoms with van der Waals surface area (Å²) in [6, 6.07) is 4.74. The second kappa shape index (κ2) is 10.0. The summed E-state index contributed by atoms with van der Waals surface area (Å²) in [5, 5.41) is 13.2. The summed E-state index contributed by atoms with van der Waals surface area (Å²) in [5.41, 5.74) is 0.776. The lowest BCUT2D eigenvalue weighted by Crippen LogP contribution is -2.33. The Balaban J connectivity index is 1.51. The third kappa shape index (κ3) is 5.89. The van der Waals surface area contributed by atoms with Gasteiger partial charge >= 0.3 is 0 Å². The Bertz CT molecular complexity index is 988. The summed E-state index contributed by atoms with van der Waals surface area (Å²) < 4.78 is 10.3. The van der Waals surface area contributed by atoms with Crippen molar-refractivity contribution in [1.29, 1.82) is 0 Å². The zero-order valence-corrected chi connectivity index (χ0v) is 17.6. The highest BCUT2D eigenvalue weighted by molar-refractivity contribution is 8.00. The molecule has 0 fully saturated rings. The first-order valence-corrected chi connectivity index (χ1v) is 10.4. The minimum Gasteiger partial charge on any atom is -0.360 e. The molecular formula is C19H22N6O4S. The van der Waals surface area contributed by atoms with Gasteiger partial charge in [0.05, 0.1) is 11.5 Å². The van der Waals surface area contributed by atoms with E-state index in [1.807, 2.05) is 13.8 Å². The van der Waals surface area contributed by atoms with Crippen LogP contribution in [0.4, 0.5) is 5.82 Å². The van der Waals surface area contributed by atoms with Gasteiger partial charge in [0.2, 0.25) is 23.5 Å². The van der Waals surface area contributed by atoms with Crippen molar-refractivity contribution in [2.24, 2.45) is 5.92 Å². The van der Waals surface area contributed by atoms with Crippen LogP contribution in [0.25, 0.3) is 11.4 Å². The van der Waals surface area contributed by atoms with Gasteiger partial charge in [0, 0.05) is 24.0 Å². The standard InChI is InChI=1S/C19H22N6O4S/c1-11(2)17(19-23-18(25-29-19)13-4-6-20-7-5-13)22-16(27)10-30-9-15(26)21-14-8-12(3)28-24-14/h4-8,11,17H,9-10H2,1-3H3,(H,22,27)(H,21,24,26). The highest BCUT2D eigenvalue weighted by Gasteiger charge is 2.25. The number of thioether (sulfide) groups is 1. The molecule has 3 rings (SSSR count). The molecular weight excluding hydrogens is 408 g/mol. The number of anilines is 1. The van der Waals surface area contributed by atoms with Crippen LogP contribution in [0.2, 0.25) is 0 Å². The summed E-state index contributed by atoms with van der Waals surface area (Å²) in [6.07, 6.45) is 3.29. The fraction of sp³-hybridized carbons (Fsp3) is 0.368. The lowest BCUT2D eigenvalue weighted by atomic mass is 10.0. The molecule has 0 aliphatic carbocycles. The fourth-order valence-electron chi connectivity index (χ4n) is 2.55. The minimum absolute atomic E-state index is 0.0309. The van der Waals surface area contributed by atoms with Crippen molar-refractivity contribution in [2.75, 3.05) is 16.8 Å². The van der Waals surface area contributed by atoms with E-state index in [4.69, 9.17) is 9.05 Å². The molecule has 30 heavy (non-hydrogen) atoms. The van der Waals surface area contributed by atoms with E-state index in [-0.39, 0.29) is 29.2 Å². The molecule has 0 aliphatic heterocycles. The lowest BCUT2D eigenvalue weighted by molar-refractivity contribution is -0.119. The molecule has 2 amide bonds. The van der Waals surface area contributed by atoms with Crippen LogP contribution in [-0.2, 0) is 9.59 Å². The van der Waals surface area contributed by atoms with Crippen molar-refractivity contribution < 1.29 is 18.6 Å². The maximum absolute atomic E-state index is 12.4. The monoisotopic (exact) mass is 430 g/mol. The molecule has 0 aromatic carbocycles. The van der Waals surface area contributed by atoms with E-state index in [9.17, 15) is 9.59 Å². The topological polar surface area (TPSA) is 136 Å². The van der Waals surface area contributed by atoms with E-state index in [0.717, 1.165) is 5.56 Å². The van der Waals surface area contributed by atoms with Crippen LogP contribution < -0.4 is 10.6 Å². The molecule has 0 spiro atoms. The number of aryl methyl sites for hydroxylation is 1. The number of pyridine rings is 1. The molecule has 1 atom stereocenters. The van der Waals surface area contributed by atoms with Gasteiger partial charge in [0.15, 0.2) is 5.82 Å².